The van der Waals surface area contributed by atoms with Crippen LogP contribution in [0.25, 0.3) is 22.3 Å². The third-order valence-corrected chi connectivity index (χ3v) is 6.87. The predicted octanol–water partition coefficient (Wildman–Crippen LogP) is 6.39. The van der Waals surface area contributed by atoms with Gasteiger partial charge in [-0.25, -0.2) is 9.97 Å². The van der Waals surface area contributed by atoms with E-state index in [0.717, 1.165) is 56.3 Å². The van der Waals surface area contributed by atoms with E-state index in [9.17, 15) is 0 Å². The lowest BCUT2D eigenvalue weighted by Gasteiger charge is -2.28. The summed E-state index contributed by atoms with van der Waals surface area (Å²) in [7, 11) is 0. The number of rotatable bonds is 9. The molecule has 1 fully saturated rings. The normalized spacial score (nSPS) is 13.0. The van der Waals surface area contributed by atoms with Crippen molar-refractivity contribution in [2.45, 2.75) is 32.6 Å². The quantitative estimate of drug-likeness (QED) is 0.250. The monoisotopic (exact) mass is 489 g/mol. The van der Waals surface area contributed by atoms with E-state index in [-0.39, 0.29) is 0 Å². The summed E-state index contributed by atoms with van der Waals surface area (Å²) in [5, 5.41) is 6.80. The van der Waals surface area contributed by atoms with E-state index in [2.05, 4.69) is 49.8 Å². The van der Waals surface area contributed by atoms with Crippen molar-refractivity contribution in [3.8, 4) is 22.3 Å². The van der Waals surface area contributed by atoms with Crippen LogP contribution >= 0.6 is 0 Å². The van der Waals surface area contributed by atoms with Crippen molar-refractivity contribution >= 4 is 17.3 Å². The van der Waals surface area contributed by atoms with Crippen LogP contribution in [-0.2, 0) is 6.42 Å². The van der Waals surface area contributed by atoms with E-state index in [0.29, 0.717) is 18.2 Å². The van der Waals surface area contributed by atoms with Crippen LogP contribution in [0.2, 0.25) is 0 Å². The van der Waals surface area contributed by atoms with Gasteiger partial charge in [0.1, 0.15) is 11.6 Å². The molecule has 0 radical (unpaired) electrons. The molecular formula is C30H31N7. The Balaban J connectivity index is 1.31. The molecule has 4 aromatic heterocycles. The summed E-state index contributed by atoms with van der Waals surface area (Å²) in [5.74, 6) is 1.79. The van der Waals surface area contributed by atoms with Crippen molar-refractivity contribution < 1.29 is 0 Å². The maximum absolute atomic E-state index is 6.25. The zero-order valence-electron chi connectivity index (χ0n) is 21.0. The number of nitrogen functional groups attached to an aromatic ring is 1. The van der Waals surface area contributed by atoms with Gasteiger partial charge in [-0.15, -0.1) is 0 Å². The largest absolute Gasteiger partial charge is 0.383 e. The van der Waals surface area contributed by atoms with Gasteiger partial charge >= 0.3 is 0 Å². The highest BCUT2D eigenvalue weighted by Crippen LogP contribution is 2.33. The molecule has 0 atom stereocenters. The SMILES string of the molecule is C=C(Cc1cc(-c2cncc(NC(=C)C3CCC3)c2)cnc1N)Nc1nccc(-c2ccncc2)c1C. The van der Waals surface area contributed by atoms with Crippen molar-refractivity contribution in [3.05, 3.63) is 103 Å². The van der Waals surface area contributed by atoms with Crippen LogP contribution in [0.1, 0.15) is 30.4 Å². The molecule has 1 aliphatic rings. The first-order valence-corrected chi connectivity index (χ1v) is 12.4. The first-order valence-electron chi connectivity index (χ1n) is 12.4. The van der Waals surface area contributed by atoms with Crippen molar-refractivity contribution in [2.75, 3.05) is 16.4 Å². The van der Waals surface area contributed by atoms with Crippen LogP contribution in [0.15, 0.2) is 92.1 Å². The summed E-state index contributed by atoms with van der Waals surface area (Å²) < 4.78 is 0. The maximum atomic E-state index is 6.25. The molecule has 0 saturated heterocycles. The second-order valence-corrected chi connectivity index (χ2v) is 9.48. The molecule has 7 nitrogen and oxygen atoms in total. The Kier molecular flexibility index (Phi) is 6.94. The molecule has 7 heteroatoms. The Hall–Kier alpha value is -4.52. The lowest BCUT2D eigenvalue weighted by molar-refractivity contribution is 0.371. The van der Waals surface area contributed by atoms with Gasteiger partial charge in [0.15, 0.2) is 0 Å². The van der Waals surface area contributed by atoms with Crippen LogP contribution in [0, 0.1) is 12.8 Å². The summed E-state index contributed by atoms with van der Waals surface area (Å²) in [4.78, 5) is 17.5. The van der Waals surface area contributed by atoms with Gasteiger partial charge in [-0.05, 0) is 72.7 Å². The Morgan fingerprint density at radius 2 is 1.70 bits per heavy atom. The van der Waals surface area contributed by atoms with Crippen LogP contribution in [0.3, 0.4) is 0 Å². The van der Waals surface area contributed by atoms with E-state index in [1.54, 1.807) is 24.8 Å². The fourth-order valence-electron chi connectivity index (χ4n) is 4.48. The first-order chi connectivity index (χ1) is 18.0. The van der Waals surface area contributed by atoms with Gasteiger partial charge in [0, 0.05) is 65.5 Å². The molecule has 0 aliphatic heterocycles. The molecule has 4 N–H and O–H groups in total. The minimum atomic E-state index is 0.475. The van der Waals surface area contributed by atoms with E-state index in [1.807, 2.05) is 43.6 Å². The van der Waals surface area contributed by atoms with Crippen molar-refractivity contribution in [1.82, 2.24) is 19.9 Å². The van der Waals surface area contributed by atoms with Crippen LogP contribution < -0.4 is 16.4 Å². The highest BCUT2D eigenvalue weighted by molar-refractivity contribution is 5.72. The number of aromatic nitrogens is 4. The van der Waals surface area contributed by atoms with Crippen LogP contribution in [-0.4, -0.2) is 19.9 Å². The van der Waals surface area contributed by atoms with Crippen molar-refractivity contribution in [2.24, 2.45) is 5.92 Å². The Bertz CT molecular complexity index is 1440. The number of hydrogen-bond donors (Lipinski definition) is 3. The molecule has 186 valence electrons. The molecule has 1 saturated carbocycles. The fourth-order valence-corrected chi connectivity index (χ4v) is 4.48. The molecule has 1 aliphatic carbocycles. The first kappa shape index (κ1) is 24.2. The molecule has 0 amide bonds. The number of allylic oxidation sites excluding steroid dienone is 2. The lowest BCUT2D eigenvalue weighted by atomic mass is 9.83. The zero-order valence-corrected chi connectivity index (χ0v) is 21.0. The molecule has 0 aromatic carbocycles. The number of nitrogens with zero attached hydrogens (tertiary/aromatic N) is 4. The van der Waals surface area contributed by atoms with E-state index in [1.165, 1.54) is 19.3 Å². The maximum Gasteiger partial charge on any atom is 0.133 e. The van der Waals surface area contributed by atoms with Gasteiger partial charge in [-0.2, -0.15) is 0 Å². The summed E-state index contributed by atoms with van der Waals surface area (Å²) in [6.45, 7) is 10.5. The summed E-state index contributed by atoms with van der Waals surface area (Å²) in [6.07, 6.45) is 15.0. The topological polar surface area (TPSA) is 102 Å². The minimum absolute atomic E-state index is 0.475. The smallest absolute Gasteiger partial charge is 0.133 e. The highest BCUT2D eigenvalue weighted by Gasteiger charge is 2.20. The predicted molar refractivity (Wildman–Crippen MR) is 151 cm³/mol. The molecular weight excluding hydrogens is 458 g/mol. The average Bonchev–Trinajstić information content (AvgIpc) is 2.86. The van der Waals surface area contributed by atoms with Gasteiger partial charge in [-0.1, -0.05) is 19.6 Å². The average molecular weight is 490 g/mol. The third-order valence-electron chi connectivity index (χ3n) is 6.87. The third kappa shape index (κ3) is 5.51. The van der Waals surface area contributed by atoms with Gasteiger partial charge in [0.25, 0.3) is 0 Å². The number of nitrogens with one attached hydrogen (secondary N) is 2. The van der Waals surface area contributed by atoms with Crippen LogP contribution in [0.4, 0.5) is 17.3 Å². The van der Waals surface area contributed by atoms with E-state index in [4.69, 9.17) is 5.73 Å². The van der Waals surface area contributed by atoms with Gasteiger partial charge < -0.3 is 16.4 Å². The number of hydrogen-bond acceptors (Lipinski definition) is 7. The second kappa shape index (κ2) is 10.6. The van der Waals surface area contributed by atoms with E-state index < -0.39 is 0 Å². The van der Waals surface area contributed by atoms with Gasteiger partial charge in [0.2, 0.25) is 0 Å². The molecule has 4 aromatic rings. The zero-order chi connectivity index (χ0) is 25.8. The molecule has 37 heavy (non-hydrogen) atoms. The number of nitrogens with two attached hydrogens (primary N) is 1. The highest BCUT2D eigenvalue weighted by atomic mass is 15.0. The Labute approximate surface area is 217 Å². The molecule has 0 unspecified atom stereocenters. The second-order valence-electron chi connectivity index (χ2n) is 9.48. The fraction of sp³-hybridized carbons (Fsp3) is 0.200. The summed E-state index contributed by atoms with van der Waals surface area (Å²) in [5.41, 5.74) is 15.0. The van der Waals surface area contributed by atoms with Crippen molar-refractivity contribution in [3.63, 3.8) is 0 Å². The van der Waals surface area contributed by atoms with Crippen molar-refractivity contribution in [1.29, 1.82) is 0 Å². The summed E-state index contributed by atoms with van der Waals surface area (Å²) >= 11 is 0. The Morgan fingerprint density at radius 3 is 2.46 bits per heavy atom. The number of anilines is 3. The van der Waals surface area contributed by atoms with Gasteiger partial charge in [-0.3, -0.25) is 9.97 Å². The van der Waals surface area contributed by atoms with Crippen LogP contribution in [0.5, 0.6) is 0 Å². The summed E-state index contributed by atoms with van der Waals surface area (Å²) in [6, 6.07) is 10.1. The molecule has 0 bridgehead atoms. The van der Waals surface area contributed by atoms with Gasteiger partial charge in [0.05, 0.1) is 11.9 Å². The molecule has 5 rings (SSSR count). The number of pyridine rings is 4. The lowest BCUT2D eigenvalue weighted by Crippen LogP contribution is -2.18. The standard InChI is InChI=1S/C30H31N7/c1-19(36-30-20(2)28(9-12-34-30)23-7-10-32-11-8-23)13-24-14-25(17-35-29(24)31)26-15-27(18-33-16-26)37-21(3)22-5-4-6-22/h7-12,14-18,22,37H,1,3-6,13H2,2H3,(H2,31,35)(H,34,36). The van der Waals surface area contributed by atoms with E-state index >= 15 is 0 Å². The minimum Gasteiger partial charge on any atom is -0.383 e. The molecule has 4 heterocycles. The molecule has 0 spiro atoms. The Morgan fingerprint density at radius 1 is 0.919 bits per heavy atom.